The number of rotatable bonds is 20. The van der Waals surface area contributed by atoms with Crippen molar-refractivity contribution in [3.8, 4) is 0 Å². The van der Waals surface area contributed by atoms with Crippen LogP contribution in [0, 0.1) is 0 Å². The van der Waals surface area contributed by atoms with Crippen LogP contribution in [-0.2, 0) is 46.3 Å². The number of aromatic amines is 1. The second-order valence-electron chi connectivity index (χ2n) is 12.3. The van der Waals surface area contributed by atoms with E-state index >= 15 is 0 Å². The first-order valence-electron chi connectivity index (χ1n) is 16.8. The number of carbonyl (C=O) groups is 7. The molecule has 0 saturated heterocycles. The molecule has 2 aromatic carbocycles. The van der Waals surface area contributed by atoms with Gasteiger partial charge in [0.25, 0.3) is 0 Å². The molecule has 0 radical (unpaired) electrons. The van der Waals surface area contributed by atoms with Gasteiger partial charge in [-0.05, 0) is 42.5 Å². The molecule has 3 aromatic rings. The number of benzene rings is 2. The van der Waals surface area contributed by atoms with Gasteiger partial charge in [-0.3, -0.25) is 28.8 Å². The normalized spacial score (nSPS) is 14.0. The number of nitrogens with one attached hydrogen (secondary N) is 6. The van der Waals surface area contributed by atoms with Gasteiger partial charge in [0, 0.05) is 29.9 Å². The van der Waals surface area contributed by atoms with E-state index in [4.69, 9.17) is 45.3 Å². The number of carboxylic acids is 1. The number of fused-ring (bicyclic) bond motifs is 1. The van der Waals surface area contributed by atoms with Crippen molar-refractivity contribution >= 4 is 99.1 Å². The molecule has 1 aromatic heterocycles. The summed E-state index contributed by atoms with van der Waals surface area (Å²) in [5, 5.41) is 22.7. The van der Waals surface area contributed by atoms with Gasteiger partial charge < -0.3 is 47.1 Å². The fourth-order valence-electron chi connectivity index (χ4n) is 5.24. The summed E-state index contributed by atoms with van der Waals surface area (Å²) >= 11 is 18.2. The van der Waals surface area contributed by atoms with Gasteiger partial charge in [-0.2, -0.15) is 11.8 Å². The maximum Gasteiger partial charge on any atom is 0.407 e. The van der Waals surface area contributed by atoms with Crippen molar-refractivity contribution in [3.05, 3.63) is 71.9 Å². The molecule has 0 fully saturated rings. The Morgan fingerprint density at radius 1 is 0.800 bits per heavy atom. The van der Waals surface area contributed by atoms with E-state index < -0.39 is 88.6 Å². The Balaban J connectivity index is 1.82. The Bertz CT molecular complexity index is 1830. The molecule has 0 aliphatic heterocycles. The number of para-hydroxylation sites is 1. The summed E-state index contributed by atoms with van der Waals surface area (Å²) in [4.78, 5) is 93.6. The number of amides is 6. The van der Waals surface area contributed by atoms with Gasteiger partial charge in [-0.25, -0.2) is 4.79 Å². The highest BCUT2D eigenvalue weighted by atomic mass is 35.6. The van der Waals surface area contributed by atoms with Gasteiger partial charge in [-0.1, -0.05) is 83.3 Å². The largest absolute Gasteiger partial charge is 0.481 e. The number of ether oxygens (including phenoxy) is 1. The summed E-state index contributed by atoms with van der Waals surface area (Å²) < 4.78 is 2.92. The van der Waals surface area contributed by atoms with Crippen LogP contribution in [0.4, 0.5) is 4.79 Å². The highest BCUT2D eigenvalue weighted by molar-refractivity contribution is 7.98. The van der Waals surface area contributed by atoms with Crippen LogP contribution in [0.15, 0.2) is 60.8 Å². The zero-order valence-corrected chi connectivity index (χ0v) is 32.8. The maximum atomic E-state index is 14.0. The third kappa shape index (κ3) is 15.2. The molecule has 0 aliphatic carbocycles. The highest BCUT2D eigenvalue weighted by Crippen LogP contribution is 2.26. The van der Waals surface area contributed by atoms with Crippen LogP contribution < -0.4 is 32.3 Å². The number of primary amides is 1. The Morgan fingerprint density at radius 3 is 2.02 bits per heavy atom. The van der Waals surface area contributed by atoms with Crippen molar-refractivity contribution in [2.24, 2.45) is 5.73 Å². The fraction of sp³-hybridized carbons (Fsp3) is 0.400. The average molecular weight is 843 g/mol. The second-order valence-corrected chi connectivity index (χ2v) is 15.8. The van der Waals surface area contributed by atoms with Crippen molar-refractivity contribution in [1.29, 1.82) is 0 Å². The van der Waals surface area contributed by atoms with Gasteiger partial charge in [0.1, 0.15) is 36.8 Å². The number of halogens is 3. The van der Waals surface area contributed by atoms with Crippen LogP contribution in [0.5, 0.6) is 0 Å². The van der Waals surface area contributed by atoms with Crippen LogP contribution in [0.1, 0.15) is 30.9 Å². The molecule has 3 rings (SSSR count). The Morgan fingerprint density at radius 2 is 1.38 bits per heavy atom. The summed E-state index contributed by atoms with van der Waals surface area (Å²) in [5.74, 6) is -5.43. The van der Waals surface area contributed by atoms with E-state index in [1.807, 2.05) is 18.2 Å². The summed E-state index contributed by atoms with van der Waals surface area (Å²) in [6.07, 6.45) is 1.49. The van der Waals surface area contributed by atoms with Crippen LogP contribution >= 0.6 is 46.6 Å². The minimum Gasteiger partial charge on any atom is -0.481 e. The Labute approximate surface area is 335 Å². The smallest absolute Gasteiger partial charge is 0.407 e. The van der Waals surface area contributed by atoms with Crippen molar-refractivity contribution in [2.75, 3.05) is 18.6 Å². The minimum atomic E-state index is -1.89. The monoisotopic (exact) mass is 841 g/mol. The predicted molar refractivity (Wildman–Crippen MR) is 209 cm³/mol. The summed E-state index contributed by atoms with van der Waals surface area (Å²) in [7, 11) is 0. The van der Waals surface area contributed by atoms with E-state index in [9.17, 15) is 38.7 Å². The molecule has 0 bridgehead atoms. The van der Waals surface area contributed by atoms with E-state index in [0.717, 1.165) is 10.9 Å². The number of carboxylic acid groups (broad SMARTS) is 1. The van der Waals surface area contributed by atoms with Crippen molar-refractivity contribution < 1.29 is 43.4 Å². The van der Waals surface area contributed by atoms with E-state index in [2.05, 4.69) is 31.6 Å². The van der Waals surface area contributed by atoms with Gasteiger partial charge in [0.05, 0.1) is 6.42 Å². The molecule has 1 heterocycles. The first-order valence-corrected chi connectivity index (χ1v) is 19.3. The topological polar surface area (TPSA) is 251 Å². The number of carbonyl (C=O) groups excluding carboxylic acids is 6. The molecular weight excluding hydrogens is 801 g/mol. The number of aliphatic carboxylic acids is 1. The van der Waals surface area contributed by atoms with Gasteiger partial charge in [-0.15, -0.1) is 0 Å². The third-order valence-electron chi connectivity index (χ3n) is 8.02. The molecule has 20 heteroatoms. The minimum absolute atomic E-state index is 0.00980. The van der Waals surface area contributed by atoms with Crippen LogP contribution in [0.25, 0.3) is 10.9 Å². The molecule has 0 aliphatic rings. The number of thioether (sulfide) groups is 1. The van der Waals surface area contributed by atoms with E-state index in [1.165, 1.54) is 18.7 Å². The van der Waals surface area contributed by atoms with Crippen molar-refractivity contribution in [2.45, 2.75) is 66.6 Å². The maximum absolute atomic E-state index is 14.0. The molecular formula is C35H42Cl3N7O9S. The number of hydrogen-bond acceptors (Lipinski definition) is 9. The average Bonchev–Trinajstić information content (AvgIpc) is 3.53. The van der Waals surface area contributed by atoms with E-state index in [0.29, 0.717) is 16.9 Å². The SMILES string of the molecule is CSCC[C@H](NC(=O)[C@H](Cc1c[nH]c2ccccc12)NC(=O)[C@H](C)NC(=O)OCC(Cl)(Cl)Cl)C(=O)N[C@@H](CC(=O)O)C(=O)N[C@@H](Cc1ccccc1)C(N)=O. The molecule has 0 spiro atoms. The number of nitrogens with two attached hydrogens (primary N) is 1. The van der Waals surface area contributed by atoms with Crippen LogP contribution in [0.3, 0.4) is 0 Å². The van der Waals surface area contributed by atoms with Crippen molar-refractivity contribution in [1.82, 2.24) is 31.6 Å². The first kappa shape index (κ1) is 44.7. The summed E-state index contributed by atoms with van der Waals surface area (Å²) in [6.45, 7) is 0.731. The van der Waals surface area contributed by atoms with Crippen LogP contribution in [0.2, 0.25) is 0 Å². The van der Waals surface area contributed by atoms with Gasteiger partial charge >= 0.3 is 12.1 Å². The van der Waals surface area contributed by atoms with E-state index in [-0.39, 0.29) is 19.3 Å². The van der Waals surface area contributed by atoms with E-state index in [1.54, 1.807) is 48.9 Å². The highest BCUT2D eigenvalue weighted by Gasteiger charge is 2.33. The van der Waals surface area contributed by atoms with Crippen LogP contribution in [-0.4, -0.2) is 104 Å². The number of alkyl halides is 3. The quantitative estimate of drug-likeness (QED) is 0.0770. The zero-order chi connectivity index (χ0) is 40.7. The lowest BCUT2D eigenvalue weighted by Crippen LogP contribution is -2.59. The van der Waals surface area contributed by atoms with Gasteiger partial charge in [0.2, 0.25) is 33.3 Å². The van der Waals surface area contributed by atoms with Crippen molar-refractivity contribution in [3.63, 3.8) is 0 Å². The molecule has 6 amide bonds. The lowest BCUT2D eigenvalue weighted by Gasteiger charge is -2.26. The third-order valence-corrected chi connectivity index (χ3v) is 9.00. The number of hydrogen-bond donors (Lipinski definition) is 8. The molecule has 298 valence electrons. The summed E-state index contributed by atoms with van der Waals surface area (Å²) in [5.41, 5.74) is 7.60. The Kier molecular flexibility index (Phi) is 17.4. The number of alkyl carbamates (subject to hydrolysis) is 1. The summed E-state index contributed by atoms with van der Waals surface area (Å²) in [6, 6.07) is 9.14. The molecule has 55 heavy (non-hydrogen) atoms. The predicted octanol–water partition coefficient (Wildman–Crippen LogP) is 2.09. The first-order chi connectivity index (χ1) is 26.0. The Hall–Kier alpha value is -4.71. The number of H-pyrrole nitrogens is 1. The standard InChI is InChI=1S/C35H42Cl3N7O9S/c1-19(41-34(53)54-18-35(36,37)38)30(49)44-26(15-21-17-40-23-11-7-6-10-22(21)23)32(51)42-24(12-13-55-2)31(50)45-27(16-28(46)47)33(52)43-25(29(39)48)14-20-8-4-3-5-9-20/h3-11,17,19,24-27,40H,12-16,18H2,1-2H3,(H2,39,48)(H,41,53)(H,42,51)(H,43,52)(H,44,49)(H,45,50)(H,46,47)/t19-,24-,25-,26-,27-/m0/s1. The lowest BCUT2D eigenvalue weighted by molar-refractivity contribution is -0.141. The zero-order valence-electron chi connectivity index (χ0n) is 29.7. The molecule has 5 atom stereocenters. The number of aromatic nitrogens is 1. The lowest BCUT2D eigenvalue weighted by atomic mass is 10.0. The molecule has 9 N–H and O–H groups in total. The molecule has 0 saturated carbocycles. The second kappa shape index (κ2) is 21.4. The van der Waals surface area contributed by atoms with Gasteiger partial charge in [0.15, 0.2) is 0 Å². The molecule has 16 nitrogen and oxygen atoms in total. The fourth-order valence-corrected chi connectivity index (χ4v) is 5.87. The molecule has 0 unspecified atom stereocenters.